The second kappa shape index (κ2) is 8.83. The molecule has 0 amide bonds. The number of thiazole rings is 1. The van der Waals surface area contributed by atoms with E-state index in [-0.39, 0.29) is 18.0 Å². The lowest BCUT2D eigenvalue weighted by Gasteiger charge is -2.24. The maximum atomic E-state index is 13.4. The van der Waals surface area contributed by atoms with Gasteiger partial charge in [-0.2, -0.15) is 0 Å². The van der Waals surface area contributed by atoms with Crippen LogP contribution in [0.25, 0.3) is 10.2 Å². The van der Waals surface area contributed by atoms with E-state index in [1.54, 1.807) is 30.3 Å². The largest absolute Gasteiger partial charge is 0.491 e. The second-order valence-corrected chi connectivity index (χ2v) is 9.46. The monoisotopic (exact) mass is 440 g/mol. The molecule has 1 atom stereocenters. The Kier molecular flexibility index (Phi) is 5.98. The van der Waals surface area contributed by atoms with Crippen LogP contribution < -0.4 is 9.04 Å². The molecule has 0 saturated heterocycles. The minimum absolute atomic E-state index is 0.0459. The highest BCUT2D eigenvalue weighted by molar-refractivity contribution is 7.93. The standard InChI is InChI=1S/C22H20N2O4S2/c25-17(16-28-18-9-3-1-4-10-18)15-24(30(26,27)19-11-5-2-6-12-19)22-23-20-13-7-8-14-21(20)29-22/h1-14,17,25H,15-16H2/t17-/m1/s1. The van der Waals surface area contributed by atoms with Crippen molar-refractivity contribution >= 4 is 36.7 Å². The first-order valence-electron chi connectivity index (χ1n) is 9.33. The summed E-state index contributed by atoms with van der Waals surface area (Å²) >= 11 is 1.27. The maximum absolute atomic E-state index is 13.4. The number of fused-ring (bicyclic) bond motifs is 1. The normalized spacial score (nSPS) is 12.6. The smallest absolute Gasteiger partial charge is 0.266 e. The van der Waals surface area contributed by atoms with Crippen LogP contribution in [0.15, 0.2) is 89.8 Å². The molecule has 1 aromatic heterocycles. The number of nitrogens with zero attached hydrogens (tertiary/aromatic N) is 2. The van der Waals surface area contributed by atoms with Gasteiger partial charge in [0.2, 0.25) is 5.13 Å². The van der Waals surface area contributed by atoms with Gasteiger partial charge in [-0.1, -0.05) is 59.9 Å². The Bertz CT molecular complexity index is 1180. The third-order valence-electron chi connectivity index (χ3n) is 4.39. The zero-order valence-corrected chi connectivity index (χ0v) is 17.6. The number of benzene rings is 3. The molecule has 3 aromatic carbocycles. The molecule has 0 saturated carbocycles. The molecule has 1 N–H and O–H groups in total. The van der Waals surface area contributed by atoms with E-state index < -0.39 is 16.1 Å². The Morgan fingerprint density at radius 1 is 0.933 bits per heavy atom. The molecule has 0 spiro atoms. The van der Waals surface area contributed by atoms with E-state index in [0.717, 1.165) is 9.01 Å². The van der Waals surface area contributed by atoms with Crippen molar-refractivity contribution in [3.63, 3.8) is 0 Å². The number of aromatic nitrogens is 1. The molecule has 1 heterocycles. The van der Waals surface area contributed by atoms with Gasteiger partial charge in [-0.15, -0.1) is 0 Å². The number of ether oxygens (including phenoxy) is 1. The molecule has 0 aliphatic carbocycles. The van der Waals surface area contributed by atoms with Crippen LogP contribution >= 0.6 is 11.3 Å². The Morgan fingerprint density at radius 2 is 1.57 bits per heavy atom. The molecule has 0 aliphatic rings. The van der Waals surface area contributed by atoms with Crippen LogP contribution in [-0.2, 0) is 10.0 Å². The highest BCUT2D eigenvalue weighted by Gasteiger charge is 2.29. The van der Waals surface area contributed by atoms with E-state index in [2.05, 4.69) is 4.98 Å². The van der Waals surface area contributed by atoms with Crippen LogP contribution in [0.4, 0.5) is 5.13 Å². The van der Waals surface area contributed by atoms with Crippen molar-refractivity contribution in [1.82, 2.24) is 4.98 Å². The quantitative estimate of drug-likeness (QED) is 0.449. The van der Waals surface area contributed by atoms with Crippen LogP contribution in [0, 0.1) is 0 Å². The van der Waals surface area contributed by atoms with Crippen molar-refractivity contribution in [2.45, 2.75) is 11.0 Å². The number of aliphatic hydroxyl groups is 1. The third kappa shape index (κ3) is 4.46. The highest BCUT2D eigenvalue weighted by atomic mass is 32.2. The summed E-state index contributed by atoms with van der Waals surface area (Å²) in [7, 11) is -3.91. The highest BCUT2D eigenvalue weighted by Crippen LogP contribution is 2.32. The molecule has 6 nitrogen and oxygen atoms in total. The second-order valence-electron chi connectivity index (χ2n) is 6.59. The van der Waals surface area contributed by atoms with Gasteiger partial charge in [0, 0.05) is 0 Å². The summed E-state index contributed by atoms with van der Waals surface area (Å²) < 4.78 is 34.3. The van der Waals surface area contributed by atoms with Crippen molar-refractivity contribution in [3.05, 3.63) is 84.9 Å². The van der Waals surface area contributed by atoms with E-state index in [0.29, 0.717) is 16.4 Å². The fraction of sp³-hybridized carbons (Fsp3) is 0.136. The van der Waals surface area contributed by atoms with Gasteiger partial charge in [0.05, 0.1) is 21.7 Å². The lowest BCUT2D eigenvalue weighted by Crippen LogP contribution is -2.39. The van der Waals surface area contributed by atoms with Crippen molar-refractivity contribution in [2.75, 3.05) is 17.5 Å². The Morgan fingerprint density at radius 3 is 2.27 bits per heavy atom. The van der Waals surface area contributed by atoms with Crippen LogP contribution in [0.5, 0.6) is 5.75 Å². The number of hydrogen-bond acceptors (Lipinski definition) is 6. The summed E-state index contributed by atoms with van der Waals surface area (Å²) in [5, 5.41) is 10.9. The van der Waals surface area contributed by atoms with E-state index >= 15 is 0 Å². The zero-order valence-electron chi connectivity index (χ0n) is 16.0. The molecule has 4 rings (SSSR count). The molecule has 0 aliphatic heterocycles. The van der Waals surface area contributed by atoms with Crippen molar-refractivity contribution in [2.24, 2.45) is 0 Å². The lowest BCUT2D eigenvalue weighted by molar-refractivity contribution is 0.115. The molecule has 154 valence electrons. The van der Waals surface area contributed by atoms with Crippen molar-refractivity contribution in [1.29, 1.82) is 0 Å². The Hall–Kier alpha value is -2.94. The third-order valence-corrected chi connectivity index (χ3v) is 7.33. The van der Waals surface area contributed by atoms with Gasteiger partial charge in [0.1, 0.15) is 18.5 Å². The summed E-state index contributed by atoms with van der Waals surface area (Å²) in [6.45, 7) is -0.223. The van der Waals surface area contributed by atoms with E-state index in [9.17, 15) is 13.5 Å². The SMILES string of the molecule is O=S(=O)(c1ccccc1)N(C[C@@H](O)COc1ccccc1)c1nc2ccccc2s1. The summed E-state index contributed by atoms with van der Waals surface area (Å²) in [6, 6.07) is 24.7. The predicted molar refractivity (Wildman–Crippen MR) is 119 cm³/mol. The van der Waals surface area contributed by atoms with Crippen LogP contribution in [-0.4, -0.2) is 37.8 Å². The van der Waals surface area contributed by atoms with E-state index in [1.807, 2.05) is 42.5 Å². The van der Waals surface area contributed by atoms with Crippen LogP contribution in [0.1, 0.15) is 0 Å². The molecule has 8 heteroatoms. The number of aliphatic hydroxyl groups excluding tert-OH is 1. The maximum Gasteiger partial charge on any atom is 0.266 e. The van der Waals surface area contributed by atoms with E-state index in [1.165, 1.54) is 23.5 Å². The molecular formula is C22H20N2O4S2. The number of sulfonamides is 1. The minimum atomic E-state index is -3.91. The molecule has 0 radical (unpaired) electrons. The number of para-hydroxylation sites is 2. The fourth-order valence-corrected chi connectivity index (χ4v) is 5.58. The van der Waals surface area contributed by atoms with Gasteiger partial charge < -0.3 is 9.84 Å². The summed E-state index contributed by atoms with van der Waals surface area (Å²) in [6.07, 6.45) is -1.05. The van der Waals surface area contributed by atoms with Gasteiger partial charge in [-0.3, -0.25) is 0 Å². The average molecular weight is 441 g/mol. The molecule has 0 fully saturated rings. The first-order chi connectivity index (χ1) is 14.5. The first kappa shape index (κ1) is 20.3. The summed E-state index contributed by atoms with van der Waals surface area (Å²) in [4.78, 5) is 4.63. The van der Waals surface area contributed by atoms with Crippen molar-refractivity contribution < 1.29 is 18.3 Å². The zero-order chi connectivity index (χ0) is 21.0. The van der Waals surface area contributed by atoms with E-state index in [4.69, 9.17) is 4.74 Å². The van der Waals surface area contributed by atoms with Gasteiger partial charge in [0.15, 0.2) is 0 Å². The lowest BCUT2D eigenvalue weighted by atomic mass is 10.3. The minimum Gasteiger partial charge on any atom is -0.491 e. The number of rotatable bonds is 8. The van der Waals surface area contributed by atoms with Gasteiger partial charge in [0.25, 0.3) is 10.0 Å². The first-order valence-corrected chi connectivity index (χ1v) is 11.6. The molecule has 0 bridgehead atoms. The average Bonchev–Trinajstić information content (AvgIpc) is 3.21. The number of hydrogen-bond donors (Lipinski definition) is 1. The molecule has 30 heavy (non-hydrogen) atoms. The van der Waals surface area contributed by atoms with Gasteiger partial charge >= 0.3 is 0 Å². The summed E-state index contributed by atoms with van der Waals surface area (Å²) in [5.41, 5.74) is 0.709. The number of anilines is 1. The Balaban J connectivity index is 1.63. The fourth-order valence-electron chi connectivity index (χ4n) is 2.92. The van der Waals surface area contributed by atoms with Crippen molar-refractivity contribution in [3.8, 4) is 5.75 Å². The topological polar surface area (TPSA) is 79.7 Å². The van der Waals surface area contributed by atoms with Crippen LogP contribution in [0.3, 0.4) is 0 Å². The predicted octanol–water partition coefficient (Wildman–Crippen LogP) is 3.93. The molecule has 0 unspecified atom stereocenters. The van der Waals surface area contributed by atoms with Crippen LogP contribution in [0.2, 0.25) is 0 Å². The van der Waals surface area contributed by atoms with Gasteiger partial charge in [-0.05, 0) is 36.4 Å². The molecule has 4 aromatic rings. The Labute approximate surface area is 179 Å². The summed E-state index contributed by atoms with van der Waals surface area (Å²) in [5.74, 6) is 0.606. The van der Waals surface area contributed by atoms with Gasteiger partial charge in [-0.25, -0.2) is 17.7 Å². The molecular weight excluding hydrogens is 420 g/mol.